The average Bonchev–Trinajstić information content (AvgIpc) is 3.45. The molecule has 2 aromatic carbocycles. The molecule has 200 valence electrons. The van der Waals surface area contributed by atoms with E-state index in [1.165, 1.54) is 0 Å². The SMILES string of the molecule is COc1ccc(-c2cn(C[C@H]3C[C@H]4CCN3C[C@@H]4C(=O)N3CCN(c4ccccc4OC)CC3)nn2)cc1. The number of aromatic nitrogens is 3. The van der Waals surface area contributed by atoms with E-state index in [-0.39, 0.29) is 5.92 Å². The molecule has 4 saturated heterocycles. The fraction of sp³-hybridized carbons (Fsp3) is 0.483. The average molecular weight is 517 g/mol. The van der Waals surface area contributed by atoms with Crippen molar-refractivity contribution in [2.75, 3.05) is 58.4 Å². The zero-order valence-electron chi connectivity index (χ0n) is 22.2. The summed E-state index contributed by atoms with van der Waals surface area (Å²) in [4.78, 5) is 20.5. The number of hydrogen-bond acceptors (Lipinski definition) is 7. The maximum atomic E-state index is 13.6. The normalized spacial score (nSPS) is 24.9. The molecule has 0 saturated carbocycles. The molecule has 4 atom stereocenters. The Balaban J connectivity index is 1.04. The predicted molar refractivity (Wildman–Crippen MR) is 145 cm³/mol. The fourth-order valence-electron chi connectivity index (χ4n) is 6.40. The van der Waals surface area contributed by atoms with Gasteiger partial charge >= 0.3 is 0 Å². The van der Waals surface area contributed by atoms with Crippen LogP contribution in [-0.4, -0.2) is 90.2 Å². The molecule has 9 heteroatoms. The molecule has 4 aliphatic rings. The first kappa shape index (κ1) is 24.7. The quantitative estimate of drug-likeness (QED) is 0.478. The number of anilines is 1. The van der Waals surface area contributed by atoms with Crippen molar-refractivity contribution in [3.63, 3.8) is 0 Å². The van der Waals surface area contributed by atoms with Gasteiger partial charge in [0.25, 0.3) is 0 Å². The number of methoxy groups -OCH3 is 2. The summed E-state index contributed by atoms with van der Waals surface area (Å²) in [7, 11) is 3.38. The standard InChI is InChI=1S/C29H36N6O3/c1-37-24-9-7-21(8-10-24)26-20-35(31-30-26)18-23-17-22-11-12-34(23)19-25(22)29(36)33-15-13-32(14-16-33)27-5-3-4-6-28(27)38-2/h3-10,20,22-23,25H,11-19H2,1-2H3/t22-,23-,25+/m1/s1. The molecule has 0 N–H and O–H groups in total. The minimum Gasteiger partial charge on any atom is -0.497 e. The Labute approximate surface area is 223 Å². The van der Waals surface area contributed by atoms with E-state index in [9.17, 15) is 4.79 Å². The maximum absolute atomic E-state index is 13.6. The van der Waals surface area contributed by atoms with Gasteiger partial charge in [-0.2, -0.15) is 0 Å². The van der Waals surface area contributed by atoms with Crippen molar-refractivity contribution in [3.05, 3.63) is 54.7 Å². The van der Waals surface area contributed by atoms with E-state index >= 15 is 0 Å². The molecular weight excluding hydrogens is 480 g/mol. The van der Waals surface area contributed by atoms with Crippen molar-refractivity contribution in [1.29, 1.82) is 0 Å². The van der Waals surface area contributed by atoms with Crippen LogP contribution in [0, 0.1) is 11.8 Å². The monoisotopic (exact) mass is 516 g/mol. The Morgan fingerprint density at radius 3 is 2.47 bits per heavy atom. The Morgan fingerprint density at radius 2 is 1.76 bits per heavy atom. The van der Waals surface area contributed by atoms with Crippen molar-refractivity contribution < 1.29 is 14.3 Å². The number of rotatable bonds is 7. The second-order valence-corrected chi connectivity index (χ2v) is 10.6. The number of amides is 1. The Bertz CT molecular complexity index is 1250. The minimum atomic E-state index is 0.100. The van der Waals surface area contributed by atoms with E-state index in [1.807, 2.05) is 53.3 Å². The lowest BCUT2D eigenvalue weighted by Crippen LogP contribution is -2.60. The van der Waals surface area contributed by atoms with Crippen molar-refractivity contribution >= 4 is 11.6 Å². The van der Waals surface area contributed by atoms with Crippen molar-refractivity contribution in [3.8, 4) is 22.8 Å². The zero-order chi connectivity index (χ0) is 26.1. The summed E-state index contributed by atoms with van der Waals surface area (Å²) in [5, 5.41) is 8.80. The van der Waals surface area contributed by atoms with Crippen LogP contribution < -0.4 is 14.4 Å². The molecule has 1 amide bonds. The number of carbonyl (C=O) groups is 1. The summed E-state index contributed by atoms with van der Waals surface area (Å²) in [5.74, 6) is 2.59. The Kier molecular flexibility index (Phi) is 6.93. The number of piperazine rings is 1. The van der Waals surface area contributed by atoms with Crippen LogP contribution in [0.25, 0.3) is 11.3 Å². The summed E-state index contributed by atoms with van der Waals surface area (Å²) in [6.07, 6.45) is 4.16. The largest absolute Gasteiger partial charge is 0.497 e. The van der Waals surface area contributed by atoms with Gasteiger partial charge < -0.3 is 19.3 Å². The third-order valence-electron chi connectivity index (χ3n) is 8.54. The van der Waals surface area contributed by atoms with Gasteiger partial charge in [-0.3, -0.25) is 14.4 Å². The molecule has 2 bridgehead atoms. The molecule has 5 heterocycles. The second kappa shape index (κ2) is 10.6. The predicted octanol–water partition coefficient (Wildman–Crippen LogP) is 3.02. The van der Waals surface area contributed by atoms with Gasteiger partial charge in [0.1, 0.15) is 17.2 Å². The van der Waals surface area contributed by atoms with Gasteiger partial charge in [0.15, 0.2) is 0 Å². The lowest BCUT2D eigenvalue weighted by Gasteiger charge is -2.50. The second-order valence-electron chi connectivity index (χ2n) is 10.6. The number of benzene rings is 2. The van der Waals surface area contributed by atoms with Crippen LogP contribution in [0.2, 0.25) is 0 Å². The first-order valence-electron chi connectivity index (χ1n) is 13.6. The molecule has 4 fully saturated rings. The third kappa shape index (κ3) is 4.82. The molecule has 0 aliphatic carbocycles. The number of piperidine rings is 3. The van der Waals surface area contributed by atoms with Gasteiger partial charge in [0.2, 0.25) is 5.91 Å². The van der Waals surface area contributed by atoms with E-state index < -0.39 is 0 Å². The number of hydrogen-bond donors (Lipinski definition) is 0. The molecule has 9 nitrogen and oxygen atoms in total. The highest BCUT2D eigenvalue weighted by Crippen LogP contribution is 2.38. The van der Waals surface area contributed by atoms with E-state index in [2.05, 4.69) is 31.1 Å². The van der Waals surface area contributed by atoms with Gasteiger partial charge in [0, 0.05) is 44.3 Å². The first-order valence-corrected chi connectivity index (χ1v) is 13.6. The lowest BCUT2D eigenvalue weighted by atomic mass is 9.75. The summed E-state index contributed by atoms with van der Waals surface area (Å²) in [6.45, 7) is 5.89. The third-order valence-corrected chi connectivity index (χ3v) is 8.54. The zero-order valence-corrected chi connectivity index (χ0v) is 22.2. The highest BCUT2D eigenvalue weighted by Gasteiger charge is 2.44. The van der Waals surface area contributed by atoms with E-state index in [0.717, 1.165) is 87.1 Å². The van der Waals surface area contributed by atoms with Crippen molar-refractivity contribution in [2.24, 2.45) is 11.8 Å². The van der Waals surface area contributed by atoms with Crippen molar-refractivity contribution in [2.45, 2.75) is 25.4 Å². The minimum absolute atomic E-state index is 0.100. The molecule has 1 aromatic heterocycles. The lowest BCUT2D eigenvalue weighted by molar-refractivity contribution is -0.144. The Morgan fingerprint density at radius 1 is 0.974 bits per heavy atom. The smallest absolute Gasteiger partial charge is 0.227 e. The van der Waals surface area contributed by atoms with Crippen LogP contribution >= 0.6 is 0 Å². The number of fused-ring (bicyclic) bond motifs is 3. The van der Waals surface area contributed by atoms with Crippen LogP contribution in [0.15, 0.2) is 54.7 Å². The van der Waals surface area contributed by atoms with E-state index in [1.54, 1.807) is 14.2 Å². The summed E-state index contributed by atoms with van der Waals surface area (Å²) >= 11 is 0. The summed E-state index contributed by atoms with van der Waals surface area (Å²) in [6, 6.07) is 16.4. The maximum Gasteiger partial charge on any atom is 0.227 e. The van der Waals surface area contributed by atoms with Gasteiger partial charge in [-0.25, -0.2) is 0 Å². The van der Waals surface area contributed by atoms with Crippen LogP contribution in [-0.2, 0) is 11.3 Å². The van der Waals surface area contributed by atoms with Crippen LogP contribution in [0.4, 0.5) is 5.69 Å². The van der Waals surface area contributed by atoms with Gasteiger partial charge in [-0.05, 0) is 61.7 Å². The van der Waals surface area contributed by atoms with Crippen LogP contribution in [0.5, 0.6) is 11.5 Å². The number of para-hydroxylation sites is 2. The number of ether oxygens (including phenoxy) is 2. The molecule has 1 unspecified atom stereocenters. The molecule has 4 aliphatic heterocycles. The van der Waals surface area contributed by atoms with Crippen LogP contribution in [0.3, 0.4) is 0 Å². The van der Waals surface area contributed by atoms with E-state index in [4.69, 9.17) is 9.47 Å². The molecule has 38 heavy (non-hydrogen) atoms. The topological polar surface area (TPSA) is 76.0 Å². The molecule has 0 radical (unpaired) electrons. The van der Waals surface area contributed by atoms with E-state index in [0.29, 0.717) is 17.9 Å². The van der Waals surface area contributed by atoms with Crippen LogP contribution in [0.1, 0.15) is 12.8 Å². The number of nitrogens with zero attached hydrogens (tertiary/aromatic N) is 6. The summed E-state index contributed by atoms with van der Waals surface area (Å²) < 4.78 is 12.8. The summed E-state index contributed by atoms with van der Waals surface area (Å²) in [5.41, 5.74) is 3.00. The molecular formula is C29H36N6O3. The highest BCUT2D eigenvalue weighted by molar-refractivity contribution is 5.80. The molecule has 0 spiro atoms. The van der Waals surface area contributed by atoms with Gasteiger partial charge in [0.05, 0.1) is 38.6 Å². The molecule has 3 aromatic rings. The molecule has 7 rings (SSSR count). The number of carbonyl (C=O) groups excluding carboxylic acids is 1. The van der Waals surface area contributed by atoms with Gasteiger partial charge in [-0.1, -0.05) is 17.3 Å². The van der Waals surface area contributed by atoms with Gasteiger partial charge in [-0.15, -0.1) is 5.10 Å². The first-order chi connectivity index (χ1) is 18.6. The Hall–Kier alpha value is -3.59. The highest BCUT2D eigenvalue weighted by atomic mass is 16.5. The van der Waals surface area contributed by atoms with Crippen molar-refractivity contribution in [1.82, 2.24) is 24.8 Å². The fourth-order valence-corrected chi connectivity index (χ4v) is 6.40.